The van der Waals surface area contributed by atoms with Gasteiger partial charge in [0.25, 0.3) is 0 Å². The lowest BCUT2D eigenvalue weighted by atomic mass is 10.1. The van der Waals surface area contributed by atoms with Gasteiger partial charge in [0.15, 0.2) is 9.84 Å². The standard InChI is InChI=1S/C17H17N3O3S/c1-2-24(21,22)14-9-6-13(7-10-14)8-11-16-19-17(20-23-16)15-5-3-4-12-18-15/h3-7,9-10,12H,2,8,11H2,1H3. The van der Waals surface area contributed by atoms with E-state index in [2.05, 4.69) is 15.1 Å². The van der Waals surface area contributed by atoms with E-state index in [-0.39, 0.29) is 5.75 Å². The second kappa shape index (κ2) is 6.92. The normalized spacial score (nSPS) is 11.5. The van der Waals surface area contributed by atoms with Crippen LogP contribution >= 0.6 is 0 Å². The van der Waals surface area contributed by atoms with Crippen LogP contribution in [0.15, 0.2) is 58.1 Å². The van der Waals surface area contributed by atoms with Crippen LogP contribution in [-0.4, -0.2) is 29.3 Å². The van der Waals surface area contributed by atoms with E-state index >= 15 is 0 Å². The monoisotopic (exact) mass is 343 g/mol. The first-order chi connectivity index (χ1) is 11.6. The van der Waals surface area contributed by atoms with E-state index in [1.807, 2.05) is 30.3 Å². The molecule has 124 valence electrons. The van der Waals surface area contributed by atoms with Gasteiger partial charge >= 0.3 is 0 Å². The van der Waals surface area contributed by atoms with E-state index in [4.69, 9.17) is 4.52 Å². The molecule has 6 nitrogen and oxygen atoms in total. The highest BCUT2D eigenvalue weighted by Crippen LogP contribution is 2.15. The Balaban J connectivity index is 1.65. The Morgan fingerprint density at radius 2 is 1.83 bits per heavy atom. The summed E-state index contributed by atoms with van der Waals surface area (Å²) in [5.41, 5.74) is 1.68. The van der Waals surface area contributed by atoms with Crippen LogP contribution in [0.3, 0.4) is 0 Å². The minimum absolute atomic E-state index is 0.102. The van der Waals surface area contributed by atoms with Crippen molar-refractivity contribution in [3.63, 3.8) is 0 Å². The van der Waals surface area contributed by atoms with Crippen molar-refractivity contribution < 1.29 is 12.9 Å². The van der Waals surface area contributed by atoms with Gasteiger partial charge in [-0.25, -0.2) is 8.42 Å². The van der Waals surface area contributed by atoms with Gasteiger partial charge in [0.2, 0.25) is 11.7 Å². The largest absolute Gasteiger partial charge is 0.339 e. The fraction of sp³-hybridized carbons (Fsp3) is 0.235. The second-order valence-corrected chi connectivity index (χ2v) is 7.55. The summed E-state index contributed by atoms with van der Waals surface area (Å²) in [6, 6.07) is 12.4. The molecule has 24 heavy (non-hydrogen) atoms. The average Bonchev–Trinajstić information content (AvgIpc) is 3.10. The molecule has 7 heteroatoms. The van der Waals surface area contributed by atoms with Crippen molar-refractivity contribution in [3.05, 3.63) is 60.1 Å². The fourth-order valence-corrected chi connectivity index (χ4v) is 3.12. The van der Waals surface area contributed by atoms with Crippen LogP contribution < -0.4 is 0 Å². The molecular formula is C17H17N3O3S. The second-order valence-electron chi connectivity index (χ2n) is 5.27. The van der Waals surface area contributed by atoms with Crippen LogP contribution in [0.5, 0.6) is 0 Å². The van der Waals surface area contributed by atoms with Crippen molar-refractivity contribution in [2.24, 2.45) is 0 Å². The lowest BCUT2D eigenvalue weighted by Gasteiger charge is -2.03. The molecule has 1 aromatic carbocycles. The fourth-order valence-electron chi connectivity index (χ4n) is 2.24. The number of pyridine rings is 1. The molecule has 2 aromatic heterocycles. The predicted molar refractivity (Wildman–Crippen MR) is 89.1 cm³/mol. The molecule has 0 saturated heterocycles. The van der Waals surface area contributed by atoms with Gasteiger partial charge in [-0.05, 0) is 36.2 Å². The summed E-state index contributed by atoms with van der Waals surface area (Å²) in [6.07, 6.45) is 2.95. The smallest absolute Gasteiger partial charge is 0.227 e. The number of hydrogen-bond donors (Lipinski definition) is 0. The molecule has 0 atom stereocenters. The third kappa shape index (κ3) is 3.68. The van der Waals surface area contributed by atoms with E-state index < -0.39 is 9.84 Å². The first-order valence-corrected chi connectivity index (χ1v) is 9.29. The zero-order chi connectivity index (χ0) is 17.0. The first kappa shape index (κ1) is 16.3. The maximum atomic E-state index is 11.8. The lowest BCUT2D eigenvalue weighted by molar-refractivity contribution is 0.378. The molecule has 3 rings (SSSR count). The number of aryl methyl sites for hydroxylation is 2. The number of aromatic nitrogens is 3. The first-order valence-electron chi connectivity index (χ1n) is 7.64. The van der Waals surface area contributed by atoms with E-state index in [9.17, 15) is 8.42 Å². The van der Waals surface area contributed by atoms with Crippen LogP contribution in [0.25, 0.3) is 11.5 Å². The molecule has 0 saturated carbocycles. The maximum Gasteiger partial charge on any atom is 0.227 e. The number of sulfone groups is 1. The Hall–Kier alpha value is -2.54. The van der Waals surface area contributed by atoms with E-state index in [0.717, 1.165) is 5.56 Å². The molecule has 0 radical (unpaired) electrons. The summed E-state index contributed by atoms with van der Waals surface area (Å²) in [5.74, 6) is 1.10. The molecule has 0 unspecified atom stereocenters. The van der Waals surface area contributed by atoms with Gasteiger partial charge in [-0.15, -0.1) is 0 Å². The van der Waals surface area contributed by atoms with Gasteiger partial charge in [0.1, 0.15) is 5.69 Å². The van der Waals surface area contributed by atoms with Crippen molar-refractivity contribution in [3.8, 4) is 11.5 Å². The lowest BCUT2D eigenvalue weighted by Crippen LogP contribution is -2.03. The molecule has 0 fully saturated rings. The third-order valence-electron chi connectivity index (χ3n) is 3.65. The summed E-state index contributed by atoms with van der Waals surface area (Å²) in [6.45, 7) is 1.64. The summed E-state index contributed by atoms with van der Waals surface area (Å²) < 4.78 is 28.8. The van der Waals surface area contributed by atoms with Gasteiger partial charge in [-0.1, -0.05) is 30.3 Å². The minimum Gasteiger partial charge on any atom is -0.339 e. The predicted octanol–water partition coefficient (Wildman–Crippen LogP) is 2.71. The SMILES string of the molecule is CCS(=O)(=O)c1ccc(CCc2nc(-c3ccccn3)no2)cc1. The highest BCUT2D eigenvalue weighted by Gasteiger charge is 2.12. The molecule has 0 N–H and O–H groups in total. The Labute approximate surface area is 140 Å². The highest BCUT2D eigenvalue weighted by molar-refractivity contribution is 7.91. The van der Waals surface area contributed by atoms with Gasteiger partial charge in [-0.2, -0.15) is 4.98 Å². The van der Waals surface area contributed by atoms with E-state index in [1.165, 1.54) is 0 Å². The van der Waals surface area contributed by atoms with Gasteiger partial charge in [0.05, 0.1) is 10.6 Å². The number of rotatable bonds is 6. The zero-order valence-electron chi connectivity index (χ0n) is 13.2. The van der Waals surface area contributed by atoms with Gasteiger partial charge in [-0.3, -0.25) is 4.98 Å². The summed E-state index contributed by atoms with van der Waals surface area (Å²) in [5, 5.41) is 3.93. The van der Waals surface area contributed by atoms with Crippen LogP contribution in [-0.2, 0) is 22.7 Å². The summed E-state index contributed by atoms with van der Waals surface area (Å²) in [7, 11) is -3.16. The van der Waals surface area contributed by atoms with E-state index in [0.29, 0.717) is 35.1 Å². The maximum absolute atomic E-state index is 11.8. The number of nitrogens with zero attached hydrogens (tertiary/aromatic N) is 3. The molecule has 0 aliphatic rings. The zero-order valence-corrected chi connectivity index (χ0v) is 14.0. The molecule has 0 spiro atoms. The molecule has 0 amide bonds. The highest BCUT2D eigenvalue weighted by atomic mass is 32.2. The average molecular weight is 343 g/mol. The topological polar surface area (TPSA) is 86.0 Å². The van der Waals surface area contributed by atoms with Crippen molar-refractivity contribution in [2.75, 3.05) is 5.75 Å². The number of hydrogen-bond acceptors (Lipinski definition) is 6. The van der Waals surface area contributed by atoms with Crippen molar-refractivity contribution in [2.45, 2.75) is 24.7 Å². The van der Waals surface area contributed by atoms with Gasteiger partial charge in [0, 0.05) is 12.6 Å². The minimum atomic E-state index is -3.16. The molecule has 0 bridgehead atoms. The Kier molecular flexibility index (Phi) is 4.71. The molecule has 0 aliphatic carbocycles. The molecule has 2 heterocycles. The molecular weight excluding hydrogens is 326 g/mol. The van der Waals surface area contributed by atoms with Crippen LogP contribution in [0.4, 0.5) is 0 Å². The van der Waals surface area contributed by atoms with Crippen LogP contribution in [0, 0.1) is 0 Å². The van der Waals surface area contributed by atoms with E-state index in [1.54, 1.807) is 25.3 Å². The Bertz CT molecular complexity index is 904. The Morgan fingerprint density at radius 3 is 2.50 bits per heavy atom. The summed E-state index contributed by atoms with van der Waals surface area (Å²) in [4.78, 5) is 8.86. The van der Waals surface area contributed by atoms with Crippen LogP contribution in [0.2, 0.25) is 0 Å². The van der Waals surface area contributed by atoms with Crippen molar-refractivity contribution >= 4 is 9.84 Å². The third-order valence-corrected chi connectivity index (χ3v) is 5.40. The number of benzene rings is 1. The van der Waals surface area contributed by atoms with Gasteiger partial charge < -0.3 is 4.52 Å². The van der Waals surface area contributed by atoms with Crippen molar-refractivity contribution in [1.29, 1.82) is 0 Å². The quantitative estimate of drug-likeness (QED) is 0.684. The molecule has 3 aromatic rings. The summed E-state index contributed by atoms with van der Waals surface area (Å²) >= 11 is 0. The molecule has 0 aliphatic heterocycles. The van der Waals surface area contributed by atoms with Crippen molar-refractivity contribution in [1.82, 2.24) is 15.1 Å². The van der Waals surface area contributed by atoms with Crippen LogP contribution in [0.1, 0.15) is 18.4 Å². The Morgan fingerprint density at radius 1 is 1.04 bits per heavy atom.